The van der Waals surface area contributed by atoms with Gasteiger partial charge in [-0.3, -0.25) is 34.8 Å². The third-order valence-electron chi connectivity index (χ3n) is 10.3. The molecular weight excluding hydrogens is 761 g/mol. The fourth-order valence-corrected chi connectivity index (χ4v) is 8.10. The summed E-state index contributed by atoms with van der Waals surface area (Å²) >= 11 is 1.71. The Kier molecular flexibility index (Phi) is 13.7. The molecule has 6 rings (SSSR count). The number of imide groups is 1. The Bertz CT molecular complexity index is 2090. The van der Waals surface area contributed by atoms with Crippen LogP contribution in [-0.2, 0) is 25.7 Å². The zero-order valence-corrected chi connectivity index (χ0v) is 34.7. The number of piperazine rings is 1. The van der Waals surface area contributed by atoms with Gasteiger partial charge in [-0.1, -0.05) is 26.8 Å². The molecule has 16 nitrogen and oxygen atoms in total. The molecule has 4 heterocycles. The van der Waals surface area contributed by atoms with E-state index in [9.17, 15) is 19.2 Å². The first-order valence-corrected chi connectivity index (χ1v) is 20.5. The van der Waals surface area contributed by atoms with Gasteiger partial charge in [0, 0.05) is 96.5 Å². The average Bonchev–Trinajstić information content (AvgIpc) is 3.51. The molecule has 4 amide bonds. The second kappa shape index (κ2) is 18.7. The van der Waals surface area contributed by atoms with Crippen molar-refractivity contribution in [3.05, 3.63) is 59.1 Å². The van der Waals surface area contributed by atoms with E-state index in [4.69, 9.17) is 20.6 Å². The molecular formula is C41H54N10O6S. The minimum atomic E-state index is -0.722. The van der Waals surface area contributed by atoms with Crippen molar-refractivity contribution in [2.24, 2.45) is 5.73 Å². The molecule has 2 aromatic carbocycles. The summed E-state index contributed by atoms with van der Waals surface area (Å²) in [5, 5.41) is 17.5. The first-order chi connectivity index (χ1) is 27.7. The van der Waals surface area contributed by atoms with Crippen LogP contribution in [0.1, 0.15) is 69.8 Å². The van der Waals surface area contributed by atoms with E-state index in [1.807, 2.05) is 12.1 Å². The van der Waals surface area contributed by atoms with Gasteiger partial charge in [0.15, 0.2) is 0 Å². The Morgan fingerprint density at radius 1 is 1.03 bits per heavy atom. The van der Waals surface area contributed by atoms with Crippen molar-refractivity contribution in [2.75, 3.05) is 69.7 Å². The zero-order valence-electron chi connectivity index (χ0n) is 33.9. The number of thioether (sulfide) groups is 1. The van der Waals surface area contributed by atoms with Crippen molar-refractivity contribution in [3.8, 4) is 5.75 Å². The molecule has 17 heteroatoms. The van der Waals surface area contributed by atoms with E-state index in [0.29, 0.717) is 53.7 Å². The number of amides is 4. The van der Waals surface area contributed by atoms with Gasteiger partial charge in [-0.05, 0) is 44.9 Å². The van der Waals surface area contributed by atoms with Crippen LogP contribution in [0.4, 0.5) is 11.5 Å². The highest BCUT2D eigenvalue weighted by molar-refractivity contribution is 8.00. The second-order valence-corrected chi connectivity index (χ2v) is 17.6. The van der Waals surface area contributed by atoms with E-state index in [2.05, 4.69) is 56.5 Å². The number of amidine groups is 1. The molecule has 3 aliphatic heterocycles. The largest absolute Gasteiger partial charge is 0.492 e. The molecule has 1 aromatic heterocycles. The highest BCUT2D eigenvalue weighted by atomic mass is 32.2. The number of nitrogens with one attached hydrogen (secondary N) is 4. The summed E-state index contributed by atoms with van der Waals surface area (Å²) in [5.41, 5.74) is 9.47. The quantitative estimate of drug-likeness (QED) is 0.0485. The molecule has 0 aliphatic carbocycles. The van der Waals surface area contributed by atoms with E-state index >= 15 is 0 Å². The van der Waals surface area contributed by atoms with E-state index in [1.54, 1.807) is 43.8 Å². The smallest absolute Gasteiger partial charge is 0.255 e. The monoisotopic (exact) mass is 814 g/mol. The molecule has 2 saturated heterocycles. The zero-order chi connectivity index (χ0) is 41.6. The number of aromatic nitrogens is 2. The van der Waals surface area contributed by atoms with Gasteiger partial charge < -0.3 is 35.6 Å². The third kappa shape index (κ3) is 10.7. The number of carbonyl (C=O) groups excluding carboxylic acids is 4. The van der Waals surface area contributed by atoms with Crippen LogP contribution in [0, 0.1) is 5.41 Å². The lowest BCUT2D eigenvalue weighted by Crippen LogP contribution is -2.52. The van der Waals surface area contributed by atoms with Gasteiger partial charge in [0.2, 0.25) is 17.7 Å². The maximum Gasteiger partial charge on any atom is 0.255 e. The summed E-state index contributed by atoms with van der Waals surface area (Å²) in [6.45, 7) is 16.3. The number of nitrogens with two attached hydrogens (primary N) is 1. The highest BCUT2D eigenvalue weighted by Crippen LogP contribution is 2.41. The Morgan fingerprint density at radius 3 is 2.48 bits per heavy atom. The van der Waals surface area contributed by atoms with Crippen molar-refractivity contribution >= 4 is 63.6 Å². The number of ether oxygens (including phenoxy) is 2. The van der Waals surface area contributed by atoms with Gasteiger partial charge >= 0.3 is 0 Å². The van der Waals surface area contributed by atoms with Crippen molar-refractivity contribution in [1.82, 2.24) is 30.0 Å². The van der Waals surface area contributed by atoms with Crippen molar-refractivity contribution < 1.29 is 28.7 Å². The summed E-state index contributed by atoms with van der Waals surface area (Å²) in [4.78, 5) is 66.1. The molecule has 6 N–H and O–H groups in total. The maximum absolute atomic E-state index is 13.1. The summed E-state index contributed by atoms with van der Waals surface area (Å²) in [6, 6.07) is 8.39. The molecule has 0 spiro atoms. The standard InChI is InChI=1S/C41H54N10O6S/c1-25(26(2)42)37(43)48-38-28-20-34(58-41(3,4)5)33(21-31(28)44-24-45-38)57-18-7-12-49-13-15-50(16-14-49)17-19-56-23-36(53)46-30-9-6-8-27-29(30)22-51(40(27)55)32-10-11-35(52)47-39(32)54/h6,8-9,20-21,24,32H,7,10-19,22-23,42H2,1-5H3,(H,46,53)(H,47,52,54)(H2,43,44,45,48)/b26-25-. The fourth-order valence-electron chi connectivity index (χ4n) is 7.05. The van der Waals surface area contributed by atoms with Crippen LogP contribution in [-0.4, -0.2) is 124 Å². The van der Waals surface area contributed by atoms with Crippen LogP contribution in [0.2, 0.25) is 0 Å². The van der Waals surface area contributed by atoms with Gasteiger partial charge in [-0.15, -0.1) is 11.8 Å². The molecule has 3 aliphatic rings. The van der Waals surface area contributed by atoms with E-state index in [1.165, 1.54) is 11.2 Å². The summed E-state index contributed by atoms with van der Waals surface area (Å²) in [7, 11) is 0. The molecule has 1 atom stereocenters. The molecule has 0 radical (unpaired) electrons. The van der Waals surface area contributed by atoms with Gasteiger partial charge in [-0.2, -0.15) is 0 Å². The Labute approximate surface area is 343 Å². The average molecular weight is 815 g/mol. The molecule has 3 aromatic rings. The van der Waals surface area contributed by atoms with Crippen LogP contribution < -0.4 is 26.4 Å². The number of allylic oxidation sites excluding steroid dienone is 1. The number of piperidine rings is 1. The third-order valence-corrected chi connectivity index (χ3v) is 11.5. The summed E-state index contributed by atoms with van der Waals surface area (Å²) in [6.07, 6.45) is 2.80. The lowest BCUT2D eigenvalue weighted by atomic mass is 10.0. The Balaban J connectivity index is 0.914. The predicted octanol–water partition coefficient (Wildman–Crippen LogP) is 3.96. The fraction of sp³-hybridized carbons (Fsp3) is 0.488. The topological polar surface area (TPSA) is 208 Å². The molecule has 310 valence electrons. The number of benzene rings is 2. The second-order valence-electron chi connectivity index (χ2n) is 15.8. The van der Waals surface area contributed by atoms with Crippen molar-refractivity contribution in [3.63, 3.8) is 0 Å². The Morgan fingerprint density at radius 2 is 1.78 bits per heavy atom. The molecule has 0 saturated carbocycles. The SMILES string of the molecule is C/C(N)=C(\C)C(=N)Nc1ncnc2cc(OCCCN3CCN(CCOCC(=O)Nc4cccc5c4CN(C4CCC(=O)NC4=O)C5=O)CC3)c(SC(C)(C)C)cc12. The number of carbonyl (C=O) groups is 4. The van der Waals surface area contributed by atoms with Crippen LogP contribution in [0.15, 0.2) is 52.8 Å². The number of fused-ring (bicyclic) bond motifs is 2. The van der Waals surface area contributed by atoms with E-state index < -0.39 is 11.9 Å². The van der Waals surface area contributed by atoms with E-state index in [0.717, 1.165) is 60.7 Å². The molecule has 0 bridgehead atoms. The number of hydrogen-bond donors (Lipinski definition) is 5. The number of nitrogens with zero attached hydrogens (tertiary/aromatic N) is 5. The van der Waals surface area contributed by atoms with Gasteiger partial charge in [0.05, 0.1) is 23.6 Å². The van der Waals surface area contributed by atoms with Crippen molar-refractivity contribution in [2.45, 2.75) is 76.1 Å². The van der Waals surface area contributed by atoms with Crippen LogP contribution in [0.5, 0.6) is 5.75 Å². The first-order valence-electron chi connectivity index (χ1n) is 19.6. The number of anilines is 2. The maximum atomic E-state index is 13.1. The molecule has 2 fully saturated rings. The lowest BCUT2D eigenvalue weighted by molar-refractivity contribution is -0.137. The van der Waals surface area contributed by atoms with Crippen molar-refractivity contribution in [1.29, 1.82) is 5.41 Å². The number of hydrogen-bond acceptors (Lipinski definition) is 13. The van der Waals surface area contributed by atoms with Gasteiger partial charge in [0.1, 0.15) is 36.4 Å². The number of rotatable bonds is 15. The molecule has 1 unspecified atom stereocenters. The lowest BCUT2D eigenvalue weighted by Gasteiger charge is -2.34. The van der Waals surface area contributed by atoms with Crippen LogP contribution in [0.25, 0.3) is 10.9 Å². The first kappa shape index (κ1) is 42.5. The normalized spacial score (nSPS) is 18.2. The van der Waals surface area contributed by atoms with Crippen LogP contribution >= 0.6 is 11.8 Å². The minimum Gasteiger partial charge on any atom is -0.492 e. The van der Waals surface area contributed by atoms with Gasteiger partial charge in [-0.25, -0.2) is 9.97 Å². The van der Waals surface area contributed by atoms with Gasteiger partial charge in [0.25, 0.3) is 5.91 Å². The highest BCUT2D eigenvalue weighted by Gasteiger charge is 2.40. The predicted molar refractivity (Wildman–Crippen MR) is 224 cm³/mol. The molecule has 58 heavy (non-hydrogen) atoms. The van der Waals surface area contributed by atoms with E-state index in [-0.39, 0.29) is 54.3 Å². The summed E-state index contributed by atoms with van der Waals surface area (Å²) < 4.78 is 12.1. The summed E-state index contributed by atoms with van der Waals surface area (Å²) in [5.74, 6) is 0.0862. The Hall–Kier alpha value is -5.10. The van der Waals surface area contributed by atoms with Crippen LogP contribution in [0.3, 0.4) is 0 Å². The minimum absolute atomic E-state index is 0.0644.